The second-order valence-electron chi connectivity index (χ2n) is 5.46. The molecule has 2 aromatic carbocycles. The zero-order valence-electron chi connectivity index (χ0n) is 13.7. The fraction of sp³-hybridized carbons (Fsp3) is 0.0526. The number of benzene rings is 2. The van der Waals surface area contributed by atoms with E-state index in [0.717, 1.165) is 12.1 Å². The van der Waals surface area contributed by atoms with Gasteiger partial charge in [-0.05, 0) is 42.0 Å². The number of nitrogens with one attached hydrogen (secondary N) is 2. The Balaban J connectivity index is 2.08. The maximum absolute atomic E-state index is 13.7. The Morgan fingerprint density at radius 3 is 2.08 bits per heavy atom. The highest BCUT2D eigenvalue weighted by atomic mass is 19.1. The van der Waals surface area contributed by atoms with Gasteiger partial charge < -0.3 is 14.7 Å². The lowest BCUT2D eigenvalue weighted by Crippen LogP contribution is -2.46. The lowest BCUT2D eigenvalue weighted by Gasteiger charge is -1.99. The summed E-state index contributed by atoms with van der Waals surface area (Å²) in [5.74, 6) is -0.901. The Bertz CT molecular complexity index is 1180. The monoisotopic (exact) mass is 356 g/mol. The summed E-state index contributed by atoms with van der Waals surface area (Å²) < 4.78 is 31.7. The Labute approximate surface area is 145 Å². The van der Waals surface area contributed by atoms with Crippen LogP contribution in [0.2, 0.25) is 0 Å². The predicted molar refractivity (Wildman–Crippen MR) is 93.4 cm³/mol. The van der Waals surface area contributed by atoms with Gasteiger partial charge in [-0.3, -0.25) is 9.59 Å². The molecule has 0 atom stereocenters. The number of aromatic amines is 2. The van der Waals surface area contributed by atoms with Gasteiger partial charge in [0.1, 0.15) is 28.1 Å². The topological polar surface area (TPSA) is 75.0 Å². The Kier molecular flexibility index (Phi) is 4.79. The lowest BCUT2D eigenvalue weighted by atomic mass is 10.2. The van der Waals surface area contributed by atoms with Crippen LogP contribution in [0.3, 0.4) is 0 Å². The zero-order chi connectivity index (χ0) is 18.7. The molecule has 26 heavy (non-hydrogen) atoms. The number of methoxy groups -OCH3 is 1. The lowest BCUT2D eigenvalue weighted by molar-refractivity contribution is 0.415. The number of rotatable bonds is 3. The van der Waals surface area contributed by atoms with Crippen LogP contribution in [0, 0.1) is 11.6 Å². The van der Waals surface area contributed by atoms with Gasteiger partial charge in [-0.15, -0.1) is 0 Å². The molecule has 3 rings (SSSR count). The predicted octanol–water partition coefficient (Wildman–Crippen LogP) is 1.01. The Hall–Kier alpha value is -3.48. The van der Waals surface area contributed by atoms with Crippen LogP contribution >= 0.6 is 0 Å². The molecule has 7 heteroatoms. The second kappa shape index (κ2) is 7.18. The van der Waals surface area contributed by atoms with Crippen LogP contribution in [0.5, 0.6) is 5.75 Å². The van der Waals surface area contributed by atoms with Gasteiger partial charge in [0, 0.05) is 11.6 Å². The maximum Gasteiger partial charge on any atom is 0.272 e. The van der Waals surface area contributed by atoms with Crippen LogP contribution in [-0.4, -0.2) is 17.1 Å². The number of aromatic nitrogens is 2. The van der Waals surface area contributed by atoms with E-state index in [1.165, 1.54) is 12.1 Å². The van der Waals surface area contributed by atoms with Crippen LogP contribution in [0.15, 0.2) is 52.1 Å². The summed E-state index contributed by atoms with van der Waals surface area (Å²) in [4.78, 5) is 29.2. The Morgan fingerprint density at radius 2 is 1.50 bits per heavy atom. The minimum atomic E-state index is -0.834. The zero-order valence-corrected chi connectivity index (χ0v) is 13.7. The maximum atomic E-state index is 13.7. The van der Waals surface area contributed by atoms with Crippen molar-refractivity contribution in [1.29, 1.82) is 0 Å². The number of ether oxygens (including phenoxy) is 1. The summed E-state index contributed by atoms with van der Waals surface area (Å²) in [5.41, 5.74) is -0.477. The molecule has 0 bridgehead atoms. The third-order valence-electron chi connectivity index (χ3n) is 3.67. The van der Waals surface area contributed by atoms with Crippen molar-refractivity contribution in [2.75, 3.05) is 7.11 Å². The molecule has 0 spiro atoms. The average molecular weight is 356 g/mol. The molecule has 0 unspecified atom stereocenters. The minimum Gasteiger partial charge on any atom is -0.497 e. The van der Waals surface area contributed by atoms with E-state index in [1.54, 1.807) is 31.4 Å². The number of halogens is 2. The van der Waals surface area contributed by atoms with Crippen molar-refractivity contribution in [2.24, 2.45) is 0 Å². The van der Waals surface area contributed by atoms with Gasteiger partial charge in [0.25, 0.3) is 11.1 Å². The van der Waals surface area contributed by atoms with Crippen molar-refractivity contribution in [2.45, 2.75) is 0 Å². The van der Waals surface area contributed by atoms with Gasteiger partial charge in [-0.1, -0.05) is 12.1 Å². The van der Waals surface area contributed by atoms with Crippen LogP contribution < -0.4 is 26.6 Å². The molecule has 5 nitrogen and oxygen atoms in total. The molecule has 0 fully saturated rings. The van der Waals surface area contributed by atoms with Crippen molar-refractivity contribution in [3.05, 3.63) is 96.6 Å². The van der Waals surface area contributed by atoms with E-state index < -0.39 is 22.8 Å². The van der Waals surface area contributed by atoms with Gasteiger partial charge in [0.05, 0.1) is 7.11 Å². The molecular weight excluding hydrogens is 342 g/mol. The fourth-order valence-corrected chi connectivity index (χ4v) is 2.34. The van der Waals surface area contributed by atoms with E-state index in [9.17, 15) is 18.4 Å². The van der Waals surface area contributed by atoms with Crippen LogP contribution in [-0.2, 0) is 0 Å². The molecule has 0 aliphatic heterocycles. The van der Waals surface area contributed by atoms with Crippen molar-refractivity contribution in [1.82, 2.24) is 9.97 Å². The van der Waals surface area contributed by atoms with Crippen LogP contribution in [0.4, 0.5) is 8.78 Å². The van der Waals surface area contributed by atoms with E-state index in [2.05, 4.69) is 9.97 Å². The first-order valence-corrected chi connectivity index (χ1v) is 7.61. The summed E-state index contributed by atoms with van der Waals surface area (Å²) in [5, 5.41) is -0.0794. The number of H-pyrrole nitrogens is 2. The van der Waals surface area contributed by atoms with Gasteiger partial charge in [0.2, 0.25) is 0 Å². The molecule has 0 saturated heterocycles. The quantitative estimate of drug-likeness (QED) is 0.736. The normalized spacial score (nSPS) is 12.4. The van der Waals surface area contributed by atoms with Gasteiger partial charge in [-0.2, -0.15) is 0 Å². The molecular formula is C19H14F2N2O3. The van der Waals surface area contributed by atoms with E-state index in [4.69, 9.17) is 4.74 Å². The van der Waals surface area contributed by atoms with Crippen molar-refractivity contribution >= 4 is 12.2 Å². The average Bonchev–Trinajstić information content (AvgIpc) is 2.62. The summed E-state index contributed by atoms with van der Waals surface area (Å²) >= 11 is 0. The minimum absolute atomic E-state index is 0.0144. The molecule has 0 radical (unpaired) electrons. The third-order valence-corrected chi connectivity index (χ3v) is 3.67. The molecule has 1 aromatic heterocycles. The van der Waals surface area contributed by atoms with Gasteiger partial charge >= 0.3 is 0 Å². The fourth-order valence-electron chi connectivity index (χ4n) is 2.34. The first kappa shape index (κ1) is 17.3. The van der Waals surface area contributed by atoms with Crippen molar-refractivity contribution in [3.63, 3.8) is 0 Å². The standard InChI is InChI=1S/C19H14F2N2O3/c1-26-14-6-2-11(3-7-14)8-16-18(24)23-17(19(25)22-16)9-12-4-5-13(20)10-15(12)21/h2-10H,1H3,(H,22,25)(H,23,24). The second-order valence-corrected chi connectivity index (χ2v) is 5.46. The number of hydrogen-bond acceptors (Lipinski definition) is 3. The molecule has 0 amide bonds. The largest absolute Gasteiger partial charge is 0.497 e. The van der Waals surface area contributed by atoms with Crippen molar-refractivity contribution < 1.29 is 13.5 Å². The smallest absolute Gasteiger partial charge is 0.272 e. The SMILES string of the molecule is COc1ccc(C=c2[nH]c(=O)c(=Cc3ccc(F)cc3F)[nH]c2=O)cc1. The van der Waals surface area contributed by atoms with Crippen LogP contribution in [0.25, 0.3) is 12.2 Å². The highest BCUT2D eigenvalue weighted by molar-refractivity contribution is 5.50. The van der Waals surface area contributed by atoms with Gasteiger partial charge in [-0.25, -0.2) is 8.78 Å². The van der Waals surface area contributed by atoms with Gasteiger partial charge in [0.15, 0.2) is 0 Å². The summed E-state index contributed by atoms with van der Waals surface area (Å²) in [7, 11) is 1.54. The van der Waals surface area contributed by atoms with Crippen LogP contribution in [0.1, 0.15) is 11.1 Å². The summed E-state index contributed by atoms with van der Waals surface area (Å²) in [6.07, 6.45) is 2.65. The van der Waals surface area contributed by atoms with E-state index in [-0.39, 0.29) is 16.3 Å². The van der Waals surface area contributed by atoms with Crippen molar-refractivity contribution in [3.8, 4) is 5.75 Å². The first-order valence-electron chi connectivity index (χ1n) is 7.61. The molecule has 0 saturated carbocycles. The third kappa shape index (κ3) is 3.77. The van der Waals surface area contributed by atoms with E-state index in [0.29, 0.717) is 17.4 Å². The Morgan fingerprint density at radius 1 is 0.885 bits per heavy atom. The first-order chi connectivity index (χ1) is 12.5. The van der Waals surface area contributed by atoms with E-state index in [1.807, 2.05) is 0 Å². The molecule has 2 N–H and O–H groups in total. The van der Waals surface area contributed by atoms with E-state index >= 15 is 0 Å². The number of hydrogen-bond donors (Lipinski definition) is 2. The molecule has 1 heterocycles. The summed E-state index contributed by atoms with van der Waals surface area (Å²) in [6.45, 7) is 0. The summed E-state index contributed by atoms with van der Waals surface area (Å²) in [6, 6.07) is 9.83. The molecule has 132 valence electrons. The highest BCUT2D eigenvalue weighted by Crippen LogP contribution is 2.11. The molecule has 3 aromatic rings. The molecule has 0 aliphatic rings. The molecule has 0 aliphatic carbocycles. The highest BCUT2D eigenvalue weighted by Gasteiger charge is 2.02.